The third kappa shape index (κ3) is 5.66. The normalized spacial score (nSPS) is 15.3. The fraction of sp³-hybridized carbons (Fsp3) is 0.625. The van der Waals surface area contributed by atoms with E-state index < -0.39 is 57.8 Å². The summed E-state index contributed by atoms with van der Waals surface area (Å²) in [6, 6.07) is 0.547. The van der Waals surface area contributed by atoms with Gasteiger partial charge >= 0.3 is 12.3 Å². The molecule has 1 aromatic rings. The summed E-state index contributed by atoms with van der Waals surface area (Å²) in [6.45, 7) is 5.37. The molecule has 1 amide bonds. The molecule has 0 aliphatic heterocycles. The van der Waals surface area contributed by atoms with Crippen molar-refractivity contribution in [2.75, 3.05) is 6.54 Å². The number of halogens is 5. The topological polar surface area (TPSA) is 91.7 Å². The summed E-state index contributed by atoms with van der Waals surface area (Å²) < 4.78 is 59.6. The van der Waals surface area contributed by atoms with Crippen molar-refractivity contribution >= 4 is 17.7 Å². The van der Waals surface area contributed by atoms with E-state index in [2.05, 4.69) is 4.98 Å². The Labute approximate surface area is 158 Å². The van der Waals surface area contributed by atoms with Crippen molar-refractivity contribution < 1.29 is 37.3 Å². The Kier molecular flexibility index (Phi) is 6.41. The van der Waals surface area contributed by atoms with Crippen LogP contribution in [0, 0.1) is 5.82 Å². The summed E-state index contributed by atoms with van der Waals surface area (Å²) >= 11 is 5.54. The Bertz CT molecular complexity index is 714. The number of alkyl halides is 3. The molecule has 154 valence electrons. The van der Waals surface area contributed by atoms with Crippen LogP contribution in [0.4, 0.5) is 22.4 Å². The molecule has 1 rings (SSSR count). The Morgan fingerprint density at radius 3 is 2.15 bits per heavy atom. The zero-order chi connectivity index (χ0) is 21.4. The van der Waals surface area contributed by atoms with Crippen molar-refractivity contribution in [1.82, 2.24) is 10.3 Å². The van der Waals surface area contributed by atoms with Gasteiger partial charge in [0.05, 0.1) is 17.8 Å². The second kappa shape index (κ2) is 7.40. The van der Waals surface area contributed by atoms with Gasteiger partial charge in [-0.05, 0) is 40.7 Å². The zero-order valence-corrected chi connectivity index (χ0v) is 16.1. The number of carbonyl (C=O) groups is 1. The third-order valence-corrected chi connectivity index (χ3v) is 3.61. The first kappa shape index (κ1) is 23.4. The molecule has 0 fully saturated rings. The highest BCUT2D eigenvalue weighted by Gasteiger charge is 2.57. The number of aliphatic hydroxyl groups is 2. The highest BCUT2D eigenvalue weighted by atomic mass is 35.5. The molecule has 0 bridgehead atoms. The minimum atomic E-state index is -5.31. The average molecular weight is 417 g/mol. The quantitative estimate of drug-likeness (QED) is 0.517. The van der Waals surface area contributed by atoms with Gasteiger partial charge in [0.25, 0.3) is 0 Å². The molecule has 1 unspecified atom stereocenters. The highest BCUT2D eigenvalue weighted by molar-refractivity contribution is 6.29. The van der Waals surface area contributed by atoms with Gasteiger partial charge in [-0.2, -0.15) is 13.2 Å². The molecule has 6 nitrogen and oxygen atoms in total. The number of aromatic nitrogens is 1. The standard InChI is InChI=1S/C16H21ClF4N2O4/c1-13(2,3)27-12(24)22-7-15(26,16(19,20)21)9-6-8(14(4,5)25)10(18)11(17)23-9/h6,25-26H,7H2,1-5H3,(H,22,24). The first-order chi connectivity index (χ1) is 11.9. The Hall–Kier alpha value is -1.65. The van der Waals surface area contributed by atoms with Crippen LogP contribution in [0.1, 0.15) is 45.9 Å². The van der Waals surface area contributed by atoms with E-state index in [1.165, 1.54) is 20.8 Å². The number of rotatable bonds is 4. The summed E-state index contributed by atoms with van der Waals surface area (Å²) in [6.07, 6.45) is -6.52. The molecular weight excluding hydrogens is 396 g/mol. The van der Waals surface area contributed by atoms with Crippen LogP contribution in [0.2, 0.25) is 5.15 Å². The summed E-state index contributed by atoms with van der Waals surface area (Å²) in [5.41, 5.74) is -8.28. The van der Waals surface area contributed by atoms with Crippen molar-refractivity contribution in [3.05, 3.63) is 28.3 Å². The van der Waals surface area contributed by atoms with Gasteiger partial charge < -0.3 is 20.3 Å². The Morgan fingerprint density at radius 2 is 1.74 bits per heavy atom. The molecule has 3 N–H and O–H groups in total. The lowest BCUT2D eigenvalue weighted by Crippen LogP contribution is -2.52. The fourth-order valence-corrected chi connectivity index (χ4v) is 2.20. The zero-order valence-electron chi connectivity index (χ0n) is 15.3. The van der Waals surface area contributed by atoms with Crippen molar-refractivity contribution in [1.29, 1.82) is 0 Å². The summed E-state index contributed by atoms with van der Waals surface area (Å²) in [4.78, 5) is 14.9. The predicted molar refractivity (Wildman–Crippen MR) is 88.6 cm³/mol. The summed E-state index contributed by atoms with van der Waals surface area (Å²) in [7, 11) is 0. The van der Waals surface area contributed by atoms with Crippen molar-refractivity contribution in [2.45, 2.75) is 57.6 Å². The average Bonchev–Trinajstić information content (AvgIpc) is 2.43. The van der Waals surface area contributed by atoms with Crippen LogP contribution in [0.25, 0.3) is 0 Å². The highest BCUT2D eigenvalue weighted by Crippen LogP contribution is 2.40. The lowest BCUT2D eigenvalue weighted by molar-refractivity contribution is -0.265. The van der Waals surface area contributed by atoms with E-state index in [0.29, 0.717) is 6.07 Å². The minimum Gasteiger partial charge on any atom is -0.444 e. The van der Waals surface area contributed by atoms with E-state index in [1.807, 2.05) is 0 Å². The van der Waals surface area contributed by atoms with Gasteiger partial charge in [-0.3, -0.25) is 0 Å². The summed E-state index contributed by atoms with van der Waals surface area (Å²) in [5, 5.41) is 21.0. The largest absolute Gasteiger partial charge is 0.444 e. The molecule has 1 atom stereocenters. The van der Waals surface area contributed by atoms with Crippen LogP contribution in [-0.2, 0) is 15.9 Å². The maximum atomic E-state index is 14.1. The fourth-order valence-electron chi connectivity index (χ4n) is 2.01. The molecule has 0 aliphatic rings. The van der Waals surface area contributed by atoms with Crippen molar-refractivity contribution in [3.63, 3.8) is 0 Å². The number of carbonyl (C=O) groups excluding carboxylic acids is 1. The lowest BCUT2D eigenvalue weighted by Gasteiger charge is -2.32. The molecule has 1 aromatic heterocycles. The van der Waals surface area contributed by atoms with E-state index in [9.17, 15) is 32.6 Å². The molecule has 1 heterocycles. The molecule has 0 spiro atoms. The monoisotopic (exact) mass is 416 g/mol. The second-order valence-corrected chi connectivity index (χ2v) is 7.79. The lowest BCUT2D eigenvalue weighted by atomic mass is 9.92. The Morgan fingerprint density at radius 1 is 1.22 bits per heavy atom. The van der Waals surface area contributed by atoms with Crippen molar-refractivity contribution in [2.24, 2.45) is 0 Å². The van der Waals surface area contributed by atoms with Crippen LogP contribution in [0.5, 0.6) is 0 Å². The van der Waals surface area contributed by atoms with E-state index in [1.54, 1.807) is 5.32 Å². The number of hydrogen-bond donors (Lipinski definition) is 3. The predicted octanol–water partition coefficient (Wildman–Crippen LogP) is 3.38. The van der Waals surface area contributed by atoms with Crippen molar-refractivity contribution in [3.8, 4) is 0 Å². The van der Waals surface area contributed by atoms with Crippen LogP contribution < -0.4 is 5.32 Å². The molecule has 0 radical (unpaired) electrons. The number of nitrogens with one attached hydrogen (secondary N) is 1. The first-order valence-electron chi connectivity index (χ1n) is 7.74. The van der Waals surface area contributed by atoms with Crippen LogP contribution >= 0.6 is 11.6 Å². The van der Waals surface area contributed by atoms with E-state index in [0.717, 1.165) is 13.8 Å². The third-order valence-electron chi connectivity index (χ3n) is 3.36. The Balaban J connectivity index is 3.36. The number of hydrogen-bond acceptors (Lipinski definition) is 5. The SMILES string of the molecule is CC(C)(C)OC(=O)NCC(O)(c1cc(C(C)(C)O)c(F)c(Cl)n1)C(F)(F)F. The van der Waals surface area contributed by atoms with Gasteiger partial charge in [-0.25, -0.2) is 14.2 Å². The first-order valence-corrected chi connectivity index (χ1v) is 8.11. The van der Waals surface area contributed by atoms with Gasteiger partial charge in [0.1, 0.15) is 5.60 Å². The van der Waals surface area contributed by atoms with Crippen LogP contribution in [0.3, 0.4) is 0 Å². The molecule has 0 aliphatic carbocycles. The molecule has 0 saturated heterocycles. The number of nitrogens with zero attached hydrogens (tertiary/aromatic N) is 1. The molecule has 27 heavy (non-hydrogen) atoms. The van der Waals surface area contributed by atoms with E-state index >= 15 is 0 Å². The second-order valence-electron chi connectivity index (χ2n) is 7.43. The van der Waals surface area contributed by atoms with Gasteiger partial charge in [-0.15, -0.1) is 0 Å². The minimum absolute atomic E-state index is 0.547. The molecule has 0 aromatic carbocycles. The number of amides is 1. The van der Waals surface area contributed by atoms with Crippen LogP contribution in [-0.4, -0.2) is 39.6 Å². The van der Waals surface area contributed by atoms with Gasteiger partial charge in [-0.1, -0.05) is 11.6 Å². The van der Waals surface area contributed by atoms with Gasteiger partial charge in [0.15, 0.2) is 11.0 Å². The van der Waals surface area contributed by atoms with Crippen LogP contribution in [0.15, 0.2) is 6.07 Å². The number of ether oxygens (including phenoxy) is 1. The summed E-state index contributed by atoms with van der Waals surface area (Å²) in [5.74, 6) is -1.22. The number of pyridine rings is 1. The van der Waals surface area contributed by atoms with E-state index in [4.69, 9.17) is 16.3 Å². The van der Waals surface area contributed by atoms with E-state index in [-0.39, 0.29) is 0 Å². The number of alkyl carbamates (subject to hydrolysis) is 1. The molecule has 11 heteroatoms. The molecule has 0 saturated carbocycles. The maximum Gasteiger partial charge on any atom is 0.424 e. The smallest absolute Gasteiger partial charge is 0.424 e. The van der Waals surface area contributed by atoms with Gasteiger partial charge in [0, 0.05) is 5.56 Å². The maximum absolute atomic E-state index is 14.1. The van der Waals surface area contributed by atoms with Gasteiger partial charge in [0.2, 0.25) is 5.60 Å². The molecular formula is C16H21ClF4N2O4.